The van der Waals surface area contributed by atoms with Crippen LogP contribution in [0.2, 0.25) is 0 Å². The van der Waals surface area contributed by atoms with Gasteiger partial charge >= 0.3 is 17.9 Å². The SMILES string of the molecule is CC\C=C/C=C\C=C/C=C\C=C/CCCCCC(=O)OCC(COC(=O)CCCCCCC/C=C\CCCCC)OC(=O)CCC\C=C/C=C\C=C/C=C\C=C/CC. The molecule has 0 rings (SSSR count). The van der Waals surface area contributed by atoms with Crippen LogP contribution in [0, 0.1) is 0 Å². The first-order valence-electron chi connectivity index (χ1n) is 22.3. The Kier molecular flexibility index (Phi) is 41.8. The second-order valence-electron chi connectivity index (χ2n) is 14.1. The molecule has 0 aromatic heterocycles. The van der Waals surface area contributed by atoms with E-state index in [1.165, 1.54) is 32.1 Å². The van der Waals surface area contributed by atoms with Crippen LogP contribution in [0.25, 0.3) is 0 Å². The van der Waals surface area contributed by atoms with Crippen LogP contribution in [-0.2, 0) is 28.6 Å². The molecular formula is C52H78O6. The molecule has 0 bridgehead atoms. The molecule has 1 atom stereocenters. The summed E-state index contributed by atoms with van der Waals surface area (Å²) < 4.78 is 16.6. The van der Waals surface area contributed by atoms with Crippen molar-refractivity contribution in [2.45, 2.75) is 162 Å². The van der Waals surface area contributed by atoms with Crippen LogP contribution in [0.5, 0.6) is 0 Å². The number of hydrogen-bond donors (Lipinski definition) is 0. The van der Waals surface area contributed by atoms with Gasteiger partial charge in [-0.3, -0.25) is 14.4 Å². The molecule has 6 nitrogen and oxygen atoms in total. The zero-order valence-corrected chi connectivity index (χ0v) is 36.5. The third-order valence-corrected chi connectivity index (χ3v) is 8.63. The van der Waals surface area contributed by atoms with Gasteiger partial charge in [0.1, 0.15) is 13.2 Å². The van der Waals surface area contributed by atoms with Gasteiger partial charge in [-0.05, 0) is 77.0 Å². The Morgan fingerprint density at radius 1 is 0.362 bits per heavy atom. The van der Waals surface area contributed by atoms with Crippen molar-refractivity contribution in [3.8, 4) is 0 Å². The summed E-state index contributed by atoms with van der Waals surface area (Å²) in [6, 6.07) is 0. The van der Waals surface area contributed by atoms with Gasteiger partial charge in [0.2, 0.25) is 0 Å². The van der Waals surface area contributed by atoms with Crippen LogP contribution in [0.4, 0.5) is 0 Å². The summed E-state index contributed by atoms with van der Waals surface area (Å²) in [5.41, 5.74) is 0. The number of allylic oxidation sites excluding steroid dienone is 22. The molecule has 0 fully saturated rings. The fraction of sp³-hybridized carbons (Fsp3) is 0.519. The van der Waals surface area contributed by atoms with Crippen molar-refractivity contribution < 1.29 is 28.6 Å². The monoisotopic (exact) mass is 799 g/mol. The molecule has 1 unspecified atom stereocenters. The van der Waals surface area contributed by atoms with E-state index in [9.17, 15) is 14.4 Å². The first-order valence-corrected chi connectivity index (χ1v) is 22.3. The minimum absolute atomic E-state index is 0.131. The van der Waals surface area contributed by atoms with E-state index in [1.807, 2.05) is 103 Å². The van der Waals surface area contributed by atoms with E-state index in [0.717, 1.165) is 64.2 Å². The quantitative estimate of drug-likeness (QED) is 0.0205. The fourth-order valence-electron chi connectivity index (χ4n) is 5.31. The van der Waals surface area contributed by atoms with Crippen molar-refractivity contribution in [1.29, 1.82) is 0 Å². The lowest BCUT2D eigenvalue weighted by Crippen LogP contribution is -2.30. The minimum atomic E-state index is -0.839. The molecule has 0 spiro atoms. The third-order valence-electron chi connectivity index (χ3n) is 8.63. The zero-order chi connectivity index (χ0) is 42.3. The highest BCUT2D eigenvalue weighted by molar-refractivity contribution is 5.71. The highest BCUT2D eigenvalue weighted by Gasteiger charge is 2.19. The number of carbonyl (C=O) groups is 3. The van der Waals surface area contributed by atoms with Gasteiger partial charge in [0.05, 0.1) is 0 Å². The van der Waals surface area contributed by atoms with E-state index in [1.54, 1.807) is 0 Å². The van der Waals surface area contributed by atoms with E-state index in [0.29, 0.717) is 25.7 Å². The smallest absolute Gasteiger partial charge is 0.306 e. The van der Waals surface area contributed by atoms with E-state index in [-0.39, 0.29) is 38.0 Å². The Bertz CT molecular complexity index is 1330. The average Bonchev–Trinajstić information content (AvgIpc) is 3.22. The highest BCUT2D eigenvalue weighted by Crippen LogP contribution is 2.11. The molecule has 0 aromatic rings. The van der Waals surface area contributed by atoms with Crippen LogP contribution in [0.3, 0.4) is 0 Å². The van der Waals surface area contributed by atoms with Gasteiger partial charge in [-0.1, -0.05) is 193 Å². The third kappa shape index (κ3) is 42.7. The number of esters is 3. The van der Waals surface area contributed by atoms with Crippen molar-refractivity contribution in [2.24, 2.45) is 0 Å². The van der Waals surface area contributed by atoms with Crippen LogP contribution in [-0.4, -0.2) is 37.2 Å². The molecule has 58 heavy (non-hydrogen) atoms. The summed E-state index contributed by atoms with van der Waals surface area (Å²) in [5.74, 6) is -1.08. The number of rotatable bonds is 37. The Labute approximate surface area is 354 Å². The lowest BCUT2D eigenvalue weighted by atomic mass is 10.1. The zero-order valence-electron chi connectivity index (χ0n) is 36.5. The summed E-state index contributed by atoms with van der Waals surface area (Å²) in [4.78, 5) is 37.7. The first kappa shape index (κ1) is 53.6. The molecule has 0 radical (unpaired) electrons. The Morgan fingerprint density at radius 2 is 0.707 bits per heavy atom. The van der Waals surface area contributed by atoms with Crippen molar-refractivity contribution in [3.05, 3.63) is 134 Å². The van der Waals surface area contributed by atoms with Gasteiger partial charge in [0.25, 0.3) is 0 Å². The van der Waals surface area contributed by atoms with Gasteiger partial charge in [-0.25, -0.2) is 0 Å². The normalized spacial score (nSPS) is 13.4. The molecule has 0 amide bonds. The van der Waals surface area contributed by atoms with E-state index < -0.39 is 12.1 Å². The molecule has 0 aliphatic heterocycles. The van der Waals surface area contributed by atoms with Gasteiger partial charge < -0.3 is 14.2 Å². The fourth-order valence-corrected chi connectivity index (χ4v) is 5.31. The maximum absolute atomic E-state index is 12.7. The maximum Gasteiger partial charge on any atom is 0.306 e. The number of unbranched alkanes of at least 4 members (excludes halogenated alkanes) is 12. The minimum Gasteiger partial charge on any atom is -0.462 e. The second-order valence-corrected chi connectivity index (χ2v) is 14.1. The summed E-state index contributed by atoms with van der Waals surface area (Å²) >= 11 is 0. The molecule has 0 aliphatic rings. The number of ether oxygens (including phenoxy) is 3. The van der Waals surface area contributed by atoms with Crippen LogP contribution < -0.4 is 0 Å². The van der Waals surface area contributed by atoms with Crippen molar-refractivity contribution in [1.82, 2.24) is 0 Å². The topological polar surface area (TPSA) is 78.9 Å². The Hall–Kier alpha value is -4.45. The van der Waals surface area contributed by atoms with Gasteiger partial charge in [-0.15, -0.1) is 0 Å². The number of hydrogen-bond acceptors (Lipinski definition) is 6. The molecule has 0 N–H and O–H groups in total. The summed E-state index contributed by atoms with van der Waals surface area (Å²) in [6.07, 6.45) is 62.9. The van der Waals surface area contributed by atoms with Crippen molar-refractivity contribution in [2.75, 3.05) is 13.2 Å². The Balaban J connectivity index is 4.63. The lowest BCUT2D eigenvalue weighted by Gasteiger charge is -2.18. The van der Waals surface area contributed by atoms with Crippen LogP contribution in [0.1, 0.15) is 156 Å². The summed E-state index contributed by atoms with van der Waals surface area (Å²) in [6.45, 7) is 6.17. The standard InChI is InChI=1S/C52H78O6/c1-4-7-10-13-16-19-22-25-26-28-30-33-36-39-42-45-51(54)57-48-49(47-56-50(53)44-41-38-35-32-29-24-21-18-15-12-9-6-3)58-52(55)46-43-40-37-34-31-27-23-20-17-14-11-8-5-2/h7-8,10-11,13-14,16-23,25-28,30-31,34,37,49H,4-6,9,12,15,24,29,32-33,35-36,38-48H2,1-3H3/b10-7-,11-8-,16-13-,17-14-,21-18-,22-19-,23-20-,26-25-,30-28-,31-27-,37-34-. The molecule has 0 heterocycles. The van der Waals surface area contributed by atoms with E-state index in [4.69, 9.17) is 14.2 Å². The Morgan fingerprint density at radius 3 is 1.17 bits per heavy atom. The molecule has 0 aromatic carbocycles. The molecule has 0 saturated heterocycles. The van der Waals surface area contributed by atoms with Gasteiger partial charge in [-0.2, -0.15) is 0 Å². The lowest BCUT2D eigenvalue weighted by molar-refractivity contribution is -0.167. The van der Waals surface area contributed by atoms with Gasteiger partial charge in [0.15, 0.2) is 6.10 Å². The van der Waals surface area contributed by atoms with Crippen LogP contribution in [0.15, 0.2) is 134 Å². The second kappa shape index (κ2) is 45.3. The predicted molar refractivity (Wildman–Crippen MR) is 246 cm³/mol. The molecule has 6 heteroatoms. The van der Waals surface area contributed by atoms with Gasteiger partial charge in [0, 0.05) is 19.3 Å². The average molecular weight is 799 g/mol. The van der Waals surface area contributed by atoms with E-state index >= 15 is 0 Å². The summed E-state index contributed by atoms with van der Waals surface area (Å²) in [5, 5.41) is 0. The van der Waals surface area contributed by atoms with Crippen molar-refractivity contribution >= 4 is 17.9 Å². The number of carbonyl (C=O) groups excluding carboxylic acids is 3. The molecule has 322 valence electrons. The summed E-state index contributed by atoms with van der Waals surface area (Å²) in [7, 11) is 0. The highest BCUT2D eigenvalue weighted by atomic mass is 16.6. The van der Waals surface area contributed by atoms with E-state index in [2.05, 4.69) is 51.2 Å². The van der Waals surface area contributed by atoms with Crippen LogP contribution >= 0.6 is 0 Å². The van der Waals surface area contributed by atoms with Crippen molar-refractivity contribution in [3.63, 3.8) is 0 Å². The molecule has 0 aliphatic carbocycles. The molecule has 0 saturated carbocycles. The maximum atomic E-state index is 12.7. The first-order chi connectivity index (χ1) is 28.5. The predicted octanol–water partition coefficient (Wildman–Crippen LogP) is 14.4. The molecular weight excluding hydrogens is 721 g/mol. The largest absolute Gasteiger partial charge is 0.462 e.